The maximum absolute atomic E-state index is 5.70. The van der Waals surface area contributed by atoms with Gasteiger partial charge in [0.1, 0.15) is 11.3 Å². The molecule has 4 heteroatoms. The van der Waals surface area contributed by atoms with Gasteiger partial charge in [0.15, 0.2) is 5.58 Å². The molecule has 0 amide bonds. The number of ether oxygens (including phenoxy) is 2. The van der Waals surface area contributed by atoms with E-state index >= 15 is 0 Å². The normalized spacial score (nSPS) is 20.8. The molecule has 2 aromatic rings. The zero-order valence-corrected chi connectivity index (χ0v) is 9.59. The van der Waals surface area contributed by atoms with Gasteiger partial charge in [-0.3, -0.25) is 4.98 Å². The second kappa shape index (κ2) is 4.85. The van der Waals surface area contributed by atoms with Crippen molar-refractivity contribution in [1.82, 2.24) is 4.98 Å². The third kappa shape index (κ3) is 2.48. The summed E-state index contributed by atoms with van der Waals surface area (Å²) >= 11 is 0. The molecule has 1 aliphatic rings. The van der Waals surface area contributed by atoms with Crippen LogP contribution in [0.5, 0.6) is 0 Å². The van der Waals surface area contributed by atoms with Crippen LogP contribution in [-0.4, -0.2) is 30.9 Å². The molecule has 0 aromatic carbocycles. The molecular formula is C13H15NO3. The van der Waals surface area contributed by atoms with E-state index < -0.39 is 0 Å². The van der Waals surface area contributed by atoms with Gasteiger partial charge in [0, 0.05) is 18.7 Å². The van der Waals surface area contributed by atoms with Crippen molar-refractivity contribution in [2.24, 2.45) is 0 Å². The summed E-state index contributed by atoms with van der Waals surface area (Å²) < 4.78 is 16.7. The van der Waals surface area contributed by atoms with Gasteiger partial charge in [0.2, 0.25) is 0 Å². The van der Waals surface area contributed by atoms with Crippen LogP contribution >= 0.6 is 0 Å². The molecule has 4 nitrogen and oxygen atoms in total. The van der Waals surface area contributed by atoms with Crippen LogP contribution in [-0.2, 0) is 15.9 Å². The van der Waals surface area contributed by atoms with E-state index in [-0.39, 0.29) is 6.10 Å². The molecule has 1 fully saturated rings. The number of pyridine rings is 1. The first-order valence-corrected chi connectivity index (χ1v) is 5.94. The van der Waals surface area contributed by atoms with Gasteiger partial charge in [-0.2, -0.15) is 0 Å². The van der Waals surface area contributed by atoms with Crippen LogP contribution in [0, 0.1) is 0 Å². The summed E-state index contributed by atoms with van der Waals surface area (Å²) in [5, 5.41) is 0. The average molecular weight is 233 g/mol. The Morgan fingerprint density at radius 3 is 3.18 bits per heavy atom. The molecule has 0 N–H and O–H groups in total. The van der Waals surface area contributed by atoms with E-state index in [0.29, 0.717) is 19.8 Å². The number of hydrogen-bond acceptors (Lipinski definition) is 4. The van der Waals surface area contributed by atoms with Crippen molar-refractivity contribution in [3.63, 3.8) is 0 Å². The number of nitrogens with zero attached hydrogens (tertiary/aromatic N) is 1. The fourth-order valence-electron chi connectivity index (χ4n) is 2.05. The molecule has 0 saturated carbocycles. The lowest BCUT2D eigenvalue weighted by Gasteiger charge is -2.22. The number of aryl methyl sites for hydroxylation is 1. The van der Waals surface area contributed by atoms with E-state index in [4.69, 9.17) is 13.9 Å². The molecule has 0 bridgehead atoms. The highest BCUT2D eigenvalue weighted by molar-refractivity contribution is 5.72. The molecule has 3 rings (SSSR count). The largest absolute Gasteiger partial charge is 0.459 e. The predicted molar refractivity (Wildman–Crippen MR) is 62.9 cm³/mol. The van der Waals surface area contributed by atoms with Gasteiger partial charge < -0.3 is 13.9 Å². The molecule has 17 heavy (non-hydrogen) atoms. The van der Waals surface area contributed by atoms with Crippen LogP contribution in [0.3, 0.4) is 0 Å². The van der Waals surface area contributed by atoms with Crippen LogP contribution in [0.1, 0.15) is 12.2 Å². The smallest absolute Gasteiger partial charge is 0.152 e. The average Bonchev–Trinajstić information content (AvgIpc) is 2.80. The highest BCUT2D eigenvalue weighted by atomic mass is 16.6. The van der Waals surface area contributed by atoms with Crippen molar-refractivity contribution >= 4 is 11.1 Å². The van der Waals surface area contributed by atoms with Crippen molar-refractivity contribution in [3.05, 3.63) is 30.2 Å². The highest BCUT2D eigenvalue weighted by Gasteiger charge is 2.15. The number of furan rings is 1. The number of hydrogen-bond donors (Lipinski definition) is 0. The minimum atomic E-state index is 0.199. The molecule has 0 radical (unpaired) electrons. The summed E-state index contributed by atoms with van der Waals surface area (Å²) in [4.78, 5) is 4.25. The van der Waals surface area contributed by atoms with E-state index in [9.17, 15) is 0 Å². The molecule has 90 valence electrons. The third-order valence-electron chi connectivity index (χ3n) is 2.94. The SMILES string of the molecule is c1cnc2cc(CC[C@H]3COCCO3)oc2c1. The number of aromatic nitrogens is 1. The van der Waals surface area contributed by atoms with Gasteiger partial charge in [-0.15, -0.1) is 0 Å². The van der Waals surface area contributed by atoms with E-state index in [1.54, 1.807) is 6.20 Å². The second-order valence-corrected chi connectivity index (χ2v) is 4.21. The summed E-state index contributed by atoms with van der Waals surface area (Å²) in [6.07, 6.45) is 3.77. The first kappa shape index (κ1) is 10.7. The maximum atomic E-state index is 5.70. The highest BCUT2D eigenvalue weighted by Crippen LogP contribution is 2.19. The fourth-order valence-corrected chi connectivity index (χ4v) is 2.05. The van der Waals surface area contributed by atoms with Crippen LogP contribution in [0.15, 0.2) is 28.8 Å². The summed E-state index contributed by atoms with van der Waals surface area (Å²) in [5.74, 6) is 0.966. The Morgan fingerprint density at radius 2 is 2.35 bits per heavy atom. The quantitative estimate of drug-likeness (QED) is 0.815. The minimum Gasteiger partial charge on any atom is -0.459 e. The first-order valence-electron chi connectivity index (χ1n) is 5.94. The summed E-state index contributed by atoms with van der Waals surface area (Å²) in [6.45, 7) is 2.11. The molecule has 0 unspecified atom stereocenters. The Morgan fingerprint density at radius 1 is 1.35 bits per heavy atom. The lowest BCUT2D eigenvalue weighted by Crippen LogP contribution is -2.28. The fraction of sp³-hybridized carbons (Fsp3) is 0.462. The van der Waals surface area contributed by atoms with Gasteiger partial charge in [-0.25, -0.2) is 0 Å². The summed E-state index contributed by atoms with van der Waals surface area (Å²) in [5.41, 5.74) is 1.77. The van der Waals surface area contributed by atoms with Crippen LogP contribution < -0.4 is 0 Å². The van der Waals surface area contributed by atoms with Gasteiger partial charge >= 0.3 is 0 Å². The summed E-state index contributed by atoms with van der Waals surface area (Å²) in [6, 6.07) is 5.82. The van der Waals surface area contributed by atoms with Crippen LogP contribution in [0.2, 0.25) is 0 Å². The molecule has 3 heterocycles. The third-order valence-corrected chi connectivity index (χ3v) is 2.94. The van der Waals surface area contributed by atoms with Gasteiger partial charge in [0.25, 0.3) is 0 Å². The molecule has 1 atom stereocenters. The van der Waals surface area contributed by atoms with Crippen LogP contribution in [0.25, 0.3) is 11.1 Å². The lowest BCUT2D eigenvalue weighted by atomic mass is 10.1. The Kier molecular flexibility index (Phi) is 3.07. The van der Waals surface area contributed by atoms with Crippen molar-refractivity contribution < 1.29 is 13.9 Å². The Bertz CT molecular complexity index is 455. The molecule has 1 aliphatic heterocycles. The molecule has 2 aromatic heterocycles. The van der Waals surface area contributed by atoms with E-state index in [1.807, 2.05) is 18.2 Å². The zero-order valence-electron chi connectivity index (χ0n) is 9.59. The Balaban J connectivity index is 1.64. The minimum absolute atomic E-state index is 0.199. The number of fused-ring (bicyclic) bond motifs is 1. The van der Waals surface area contributed by atoms with Crippen molar-refractivity contribution in [2.45, 2.75) is 18.9 Å². The Hall–Kier alpha value is -1.39. The van der Waals surface area contributed by atoms with Gasteiger partial charge in [0.05, 0.1) is 25.9 Å². The maximum Gasteiger partial charge on any atom is 0.152 e. The standard InChI is InChI=1S/C13H15NO3/c1-2-13-12(14-5-1)8-10(17-13)3-4-11-9-15-6-7-16-11/h1-2,5,8,11H,3-4,6-7,9H2/t11-/m0/s1. The van der Waals surface area contributed by atoms with Crippen molar-refractivity contribution in [2.75, 3.05) is 19.8 Å². The molecular weight excluding hydrogens is 218 g/mol. The Labute approximate surface area is 99.5 Å². The van der Waals surface area contributed by atoms with E-state index in [0.717, 1.165) is 29.7 Å². The molecule has 0 spiro atoms. The van der Waals surface area contributed by atoms with Crippen molar-refractivity contribution in [1.29, 1.82) is 0 Å². The number of rotatable bonds is 3. The monoisotopic (exact) mass is 233 g/mol. The van der Waals surface area contributed by atoms with E-state index in [2.05, 4.69) is 4.98 Å². The predicted octanol–water partition coefficient (Wildman–Crippen LogP) is 2.18. The van der Waals surface area contributed by atoms with Gasteiger partial charge in [-0.05, 0) is 18.6 Å². The van der Waals surface area contributed by atoms with Crippen molar-refractivity contribution in [3.8, 4) is 0 Å². The first-order chi connectivity index (χ1) is 8.42. The lowest BCUT2D eigenvalue weighted by molar-refractivity contribution is -0.0906. The second-order valence-electron chi connectivity index (χ2n) is 4.21. The molecule has 1 saturated heterocycles. The van der Waals surface area contributed by atoms with Gasteiger partial charge in [-0.1, -0.05) is 0 Å². The zero-order chi connectivity index (χ0) is 11.5. The van der Waals surface area contributed by atoms with E-state index in [1.165, 1.54) is 0 Å². The van der Waals surface area contributed by atoms with Crippen LogP contribution in [0.4, 0.5) is 0 Å². The topological polar surface area (TPSA) is 44.5 Å². The molecule has 0 aliphatic carbocycles. The summed E-state index contributed by atoms with van der Waals surface area (Å²) in [7, 11) is 0.